The van der Waals surface area contributed by atoms with Crippen molar-refractivity contribution in [1.82, 2.24) is 10.1 Å². The lowest BCUT2D eigenvalue weighted by molar-refractivity contribution is 0.340. The molecule has 0 saturated heterocycles. The highest BCUT2D eigenvalue weighted by Gasteiger charge is 2.29. The van der Waals surface area contributed by atoms with Gasteiger partial charge >= 0.3 is 0 Å². The third kappa shape index (κ3) is 3.83. The lowest BCUT2D eigenvalue weighted by Crippen LogP contribution is -2.28. The van der Waals surface area contributed by atoms with Crippen LogP contribution in [0.2, 0.25) is 0 Å². The summed E-state index contributed by atoms with van der Waals surface area (Å²) in [5.41, 5.74) is 2.65. The molecule has 2 aromatic carbocycles. The first kappa shape index (κ1) is 19.4. The van der Waals surface area contributed by atoms with Crippen LogP contribution in [0, 0.1) is 0 Å². The van der Waals surface area contributed by atoms with Gasteiger partial charge in [-0.25, -0.2) is 13.6 Å². The van der Waals surface area contributed by atoms with Gasteiger partial charge in [0.15, 0.2) is 0 Å². The Morgan fingerprint density at radius 1 is 1.28 bits per heavy atom. The van der Waals surface area contributed by atoms with E-state index in [1.165, 1.54) is 6.07 Å². The molecule has 0 bridgehead atoms. The molecular weight excluding hydrogens is 392 g/mol. The highest BCUT2D eigenvalue weighted by atomic mass is 32.2. The SMILES string of the molecule is CCOc1ccccc1-c1noc(CN2c3ccc(S(N)(=O)=O)cc3CC2C)n1. The van der Waals surface area contributed by atoms with E-state index in [1.54, 1.807) is 12.1 Å². The molecule has 0 fully saturated rings. The zero-order valence-corrected chi connectivity index (χ0v) is 17.0. The van der Waals surface area contributed by atoms with Crippen molar-refractivity contribution in [2.45, 2.75) is 37.8 Å². The Morgan fingerprint density at radius 2 is 2.07 bits per heavy atom. The molecule has 1 aromatic heterocycles. The Kier molecular flexibility index (Phi) is 5.01. The van der Waals surface area contributed by atoms with Crippen LogP contribution in [0.15, 0.2) is 51.9 Å². The molecule has 0 saturated carbocycles. The normalized spacial score (nSPS) is 16.1. The van der Waals surface area contributed by atoms with Gasteiger partial charge in [0.05, 0.1) is 23.6 Å². The molecule has 2 heterocycles. The number of ether oxygens (including phenoxy) is 1. The van der Waals surface area contributed by atoms with Crippen LogP contribution in [-0.4, -0.2) is 31.2 Å². The van der Waals surface area contributed by atoms with Crippen LogP contribution in [0.5, 0.6) is 5.75 Å². The minimum atomic E-state index is -3.73. The number of nitrogens with two attached hydrogens (primary N) is 1. The Morgan fingerprint density at radius 3 is 2.83 bits per heavy atom. The number of para-hydroxylation sites is 1. The van der Waals surface area contributed by atoms with Gasteiger partial charge in [-0.05, 0) is 56.2 Å². The van der Waals surface area contributed by atoms with E-state index in [1.807, 2.05) is 31.2 Å². The van der Waals surface area contributed by atoms with Crippen molar-refractivity contribution in [3.63, 3.8) is 0 Å². The third-order valence-electron chi connectivity index (χ3n) is 4.94. The monoisotopic (exact) mass is 414 g/mol. The summed E-state index contributed by atoms with van der Waals surface area (Å²) in [6.45, 7) is 4.96. The highest BCUT2D eigenvalue weighted by Crippen LogP contribution is 2.35. The van der Waals surface area contributed by atoms with Crippen molar-refractivity contribution in [3.05, 3.63) is 53.9 Å². The second-order valence-corrected chi connectivity index (χ2v) is 8.52. The number of aromatic nitrogens is 2. The van der Waals surface area contributed by atoms with Gasteiger partial charge in [-0.3, -0.25) is 0 Å². The van der Waals surface area contributed by atoms with Gasteiger partial charge in [0, 0.05) is 11.7 Å². The van der Waals surface area contributed by atoms with Gasteiger partial charge in [0.25, 0.3) is 0 Å². The molecule has 1 unspecified atom stereocenters. The number of hydrogen-bond acceptors (Lipinski definition) is 7. The molecule has 0 radical (unpaired) electrons. The summed E-state index contributed by atoms with van der Waals surface area (Å²) in [5.74, 6) is 1.65. The van der Waals surface area contributed by atoms with E-state index in [2.05, 4.69) is 22.0 Å². The van der Waals surface area contributed by atoms with Gasteiger partial charge < -0.3 is 14.2 Å². The Labute approximate surface area is 169 Å². The second-order valence-electron chi connectivity index (χ2n) is 6.96. The molecule has 0 aliphatic carbocycles. The molecule has 9 heteroatoms. The van der Waals surface area contributed by atoms with Crippen LogP contribution in [-0.2, 0) is 23.0 Å². The maximum atomic E-state index is 11.6. The van der Waals surface area contributed by atoms with Crippen molar-refractivity contribution in [3.8, 4) is 17.1 Å². The zero-order valence-electron chi connectivity index (χ0n) is 16.2. The Hall–Kier alpha value is -2.91. The van der Waals surface area contributed by atoms with Crippen molar-refractivity contribution >= 4 is 15.7 Å². The molecule has 152 valence electrons. The minimum Gasteiger partial charge on any atom is -0.493 e. The van der Waals surface area contributed by atoms with E-state index in [0.717, 1.165) is 16.8 Å². The second kappa shape index (κ2) is 7.49. The summed E-state index contributed by atoms with van der Waals surface area (Å²) in [4.78, 5) is 6.78. The van der Waals surface area contributed by atoms with Crippen molar-refractivity contribution in [2.75, 3.05) is 11.5 Å². The van der Waals surface area contributed by atoms with Crippen molar-refractivity contribution in [2.24, 2.45) is 5.14 Å². The highest BCUT2D eigenvalue weighted by molar-refractivity contribution is 7.89. The summed E-state index contributed by atoms with van der Waals surface area (Å²) in [7, 11) is -3.73. The first-order chi connectivity index (χ1) is 13.9. The number of hydrogen-bond donors (Lipinski definition) is 1. The fraction of sp³-hybridized carbons (Fsp3) is 0.300. The molecule has 0 amide bonds. The van der Waals surface area contributed by atoms with Gasteiger partial charge in [0.2, 0.25) is 21.7 Å². The molecule has 1 aliphatic heterocycles. The van der Waals surface area contributed by atoms with Gasteiger partial charge in [0.1, 0.15) is 5.75 Å². The van der Waals surface area contributed by atoms with Crippen molar-refractivity contribution in [1.29, 1.82) is 0 Å². The quantitative estimate of drug-likeness (QED) is 0.660. The average Bonchev–Trinajstić information content (AvgIpc) is 3.26. The topological polar surface area (TPSA) is 112 Å². The number of anilines is 1. The van der Waals surface area contributed by atoms with Crippen LogP contribution in [0.4, 0.5) is 5.69 Å². The minimum absolute atomic E-state index is 0.123. The standard InChI is InChI=1S/C20H22N4O4S/c1-3-27-18-7-5-4-6-16(18)20-22-19(28-23-20)12-24-13(2)10-14-11-15(29(21,25)26)8-9-17(14)24/h4-9,11,13H,3,10,12H2,1-2H3,(H2,21,25,26). The van der Waals surface area contributed by atoms with Crippen molar-refractivity contribution < 1.29 is 17.7 Å². The van der Waals surface area contributed by atoms with Gasteiger partial charge in [-0.15, -0.1) is 0 Å². The molecule has 3 aromatic rings. The molecule has 2 N–H and O–H groups in total. The van der Waals surface area contributed by atoms with E-state index < -0.39 is 10.0 Å². The number of sulfonamides is 1. The number of nitrogens with zero attached hydrogens (tertiary/aromatic N) is 3. The molecule has 4 rings (SSSR count). The first-order valence-corrected chi connectivity index (χ1v) is 10.9. The Bertz CT molecular complexity index is 1140. The van der Waals surface area contributed by atoms with Gasteiger partial charge in [-0.2, -0.15) is 4.98 Å². The average molecular weight is 414 g/mol. The summed E-state index contributed by atoms with van der Waals surface area (Å²) in [5, 5.41) is 9.36. The summed E-state index contributed by atoms with van der Waals surface area (Å²) >= 11 is 0. The number of primary sulfonamides is 1. The van der Waals surface area contributed by atoms with Crippen LogP contribution in [0.3, 0.4) is 0 Å². The predicted molar refractivity (Wildman–Crippen MR) is 108 cm³/mol. The van der Waals surface area contributed by atoms with E-state index in [-0.39, 0.29) is 10.9 Å². The first-order valence-electron chi connectivity index (χ1n) is 9.34. The number of rotatable bonds is 6. The van der Waals surface area contributed by atoms with Crippen LogP contribution < -0.4 is 14.8 Å². The molecule has 1 atom stereocenters. The van der Waals surface area contributed by atoms with Gasteiger partial charge in [-0.1, -0.05) is 17.3 Å². The smallest absolute Gasteiger partial charge is 0.246 e. The fourth-order valence-electron chi connectivity index (χ4n) is 3.60. The maximum absolute atomic E-state index is 11.6. The number of benzene rings is 2. The number of fused-ring (bicyclic) bond motifs is 1. The predicted octanol–water partition coefficient (Wildman–Crippen LogP) is 2.73. The van der Waals surface area contributed by atoms with Crippen LogP contribution >= 0.6 is 0 Å². The lowest BCUT2D eigenvalue weighted by Gasteiger charge is -2.22. The third-order valence-corrected chi connectivity index (χ3v) is 5.85. The molecule has 1 aliphatic rings. The summed E-state index contributed by atoms with van der Waals surface area (Å²) in [6, 6.07) is 12.7. The Balaban J connectivity index is 1.59. The fourth-order valence-corrected chi connectivity index (χ4v) is 4.16. The van der Waals surface area contributed by atoms with E-state index in [0.29, 0.717) is 37.0 Å². The van der Waals surface area contributed by atoms with Crippen LogP contribution in [0.25, 0.3) is 11.4 Å². The summed E-state index contributed by atoms with van der Waals surface area (Å²) < 4.78 is 34.4. The van der Waals surface area contributed by atoms with E-state index >= 15 is 0 Å². The zero-order chi connectivity index (χ0) is 20.6. The molecule has 0 spiro atoms. The molecular formula is C20H22N4O4S. The summed E-state index contributed by atoms with van der Waals surface area (Å²) in [6.07, 6.45) is 0.715. The molecule has 8 nitrogen and oxygen atoms in total. The lowest BCUT2D eigenvalue weighted by atomic mass is 10.1. The van der Waals surface area contributed by atoms with E-state index in [9.17, 15) is 8.42 Å². The van der Waals surface area contributed by atoms with E-state index in [4.69, 9.17) is 14.4 Å². The van der Waals surface area contributed by atoms with Crippen LogP contribution in [0.1, 0.15) is 25.3 Å². The largest absolute Gasteiger partial charge is 0.493 e. The maximum Gasteiger partial charge on any atom is 0.246 e. The molecule has 29 heavy (non-hydrogen) atoms.